The lowest BCUT2D eigenvalue weighted by Crippen LogP contribution is -2.45. The molecule has 0 bridgehead atoms. The summed E-state index contributed by atoms with van der Waals surface area (Å²) in [6.45, 7) is 4.24. The topological polar surface area (TPSA) is 79.9 Å². The van der Waals surface area contributed by atoms with Gasteiger partial charge in [-0.15, -0.1) is 0 Å². The van der Waals surface area contributed by atoms with Gasteiger partial charge in [0.2, 0.25) is 0 Å². The van der Waals surface area contributed by atoms with Gasteiger partial charge in [-0.2, -0.15) is 0 Å². The highest BCUT2D eigenvalue weighted by Gasteiger charge is 2.20. The van der Waals surface area contributed by atoms with Crippen LogP contribution >= 0.6 is 0 Å². The van der Waals surface area contributed by atoms with Gasteiger partial charge in [0.1, 0.15) is 12.7 Å². The summed E-state index contributed by atoms with van der Waals surface area (Å²) in [6.07, 6.45) is 8.87. The van der Waals surface area contributed by atoms with Crippen LogP contribution in [-0.4, -0.2) is 55.3 Å². The number of nitrogens with one attached hydrogen (secondary N) is 2. The van der Waals surface area contributed by atoms with E-state index >= 15 is 0 Å². The fraction of sp³-hybridized carbons (Fsp3) is 0.882. The van der Waals surface area contributed by atoms with Gasteiger partial charge < -0.3 is 10.1 Å². The summed E-state index contributed by atoms with van der Waals surface area (Å²) >= 11 is 0. The normalized spacial score (nSPS) is 21.0. The Morgan fingerprint density at radius 1 is 1.08 bits per heavy atom. The first-order valence-electron chi connectivity index (χ1n) is 9.21. The van der Waals surface area contributed by atoms with Gasteiger partial charge in [0.15, 0.2) is 0 Å². The first-order chi connectivity index (χ1) is 11.6. The van der Waals surface area contributed by atoms with Gasteiger partial charge in [-0.05, 0) is 38.8 Å². The summed E-state index contributed by atoms with van der Waals surface area (Å²) in [6, 6.07) is -0.0820. The third-order valence-corrected chi connectivity index (χ3v) is 4.62. The van der Waals surface area contributed by atoms with Crippen molar-refractivity contribution in [1.82, 2.24) is 15.7 Å². The third-order valence-electron chi connectivity index (χ3n) is 4.62. The van der Waals surface area contributed by atoms with E-state index in [-0.39, 0.29) is 30.8 Å². The molecule has 1 unspecified atom stereocenters. The summed E-state index contributed by atoms with van der Waals surface area (Å²) in [5.74, 6) is -0.327. The molecule has 7 nitrogen and oxygen atoms in total. The molecular weight excluding hydrogens is 310 g/mol. The Labute approximate surface area is 144 Å². The molecule has 2 fully saturated rings. The number of urea groups is 1. The van der Waals surface area contributed by atoms with Crippen molar-refractivity contribution in [3.8, 4) is 0 Å². The van der Waals surface area contributed by atoms with E-state index in [1.165, 1.54) is 32.6 Å². The average molecular weight is 341 g/mol. The van der Waals surface area contributed by atoms with E-state index in [4.69, 9.17) is 9.57 Å². The van der Waals surface area contributed by atoms with Gasteiger partial charge in [-0.1, -0.05) is 25.7 Å². The van der Waals surface area contributed by atoms with Gasteiger partial charge in [0, 0.05) is 19.5 Å². The number of likely N-dealkylation sites (tertiary alicyclic amines) is 1. The average Bonchev–Trinajstić information content (AvgIpc) is 2.56. The number of carbonyl (C=O) groups is 2. The first-order valence-corrected chi connectivity index (χ1v) is 9.21. The van der Waals surface area contributed by atoms with Gasteiger partial charge >= 0.3 is 12.0 Å². The molecule has 0 aromatic rings. The number of esters is 1. The molecule has 2 N–H and O–H groups in total. The van der Waals surface area contributed by atoms with Crippen molar-refractivity contribution in [3.63, 3.8) is 0 Å². The van der Waals surface area contributed by atoms with E-state index in [1.54, 1.807) is 0 Å². The summed E-state index contributed by atoms with van der Waals surface area (Å²) < 4.78 is 5.31. The molecule has 1 aliphatic carbocycles. The van der Waals surface area contributed by atoms with Crippen LogP contribution in [0.5, 0.6) is 0 Å². The summed E-state index contributed by atoms with van der Waals surface area (Å²) in [5.41, 5.74) is 2.41. The fourth-order valence-corrected chi connectivity index (χ4v) is 3.45. The summed E-state index contributed by atoms with van der Waals surface area (Å²) in [5, 5.41) is 2.92. The maximum Gasteiger partial charge on any atom is 0.338 e. The number of rotatable bonds is 7. The molecule has 2 aliphatic rings. The van der Waals surface area contributed by atoms with Crippen LogP contribution in [0.3, 0.4) is 0 Å². The molecule has 0 radical (unpaired) electrons. The number of nitrogens with zero attached hydrogens (tertiary/aromatic N) is 1. The van der Waals surface area contributed by atoms with Gasteiger partial charge in [0.05, 0.1) is 0 Å². The van der Waals surface area contributed by atoms with Crippen LogP contribution < -0.4 is 10.8 Å². The molecule has 0 aromatic heterocycles. The quantitative estimate of drug-likeness (QED) is 0.547. The lowest BCUT2D eigenvalue weighted by Gasteiger charge is -2.30. The van der Waals surface area contributed by atoms with E-state index in [9.17, 15) is 9.59 Å². The van der Waals surface area contributed by atoms with Crippen LogP contribution in [0.25, 0.3) is 0 Å². The lowest BCUT2D eigenvalue weighted by molar-refractivity contribution is -0.152. The van der Waals surface area contributed by atoms with Crippen molar-refractivity contribution in [3.05, 3.63) is 0 Å². The van der Waals surface area contributed by atoms with Crippen molar-refractivity contribution in [2.24, 2.45) is 0 Å². The van der Waals surface area contributed by atoms with Crippen molar-refractivity contribution >= 4 is 12.0 Å². The molecule has 7 heteroatoms. The minimum atomic E-state index is -0.365. The summed E-state index contributed by atoms with van der Waals surface area (Å²) in [7, 11) is 0. The number of amides is 2. The molecule has 1 saturated heterocycles. The predicted molar refractivity (Wildman–Crippen MR) is 90.3 cm³/mol. The lowest BCUT2D eigenvalue weighted by atomic mass is 9.96. The van der Waals surface area contributed by atoms with Gasteiger partial charge in [-0.25, -0.2) is 10.3 Å². The van der Waals surface area contributed by atoms with Crippen molar-refractivity contribution in [1.29, 1.82) is 0 Å². The molecular formula is C17H31N3O4. The molecule has 1 saturated carbocycles. The zero-order chi connectivity index (χ0) is 17.2. The molecule has 0 aromatic carbocycles. The van der Waals surface area contributed by atoms with E-state index < -0.39 is 0 Å². The van der Waals surface area contributed by atoms with Crippen molar-refractivity contribution in [2.75, 3.05) is 26.2 Å². The Kier molecular flexibility index (Phi) is 8.32. The number of hydrogen-bond acceptors (Lipinski definition) is 5. The van der Waals surface area contributed by atoms with Crippen LogP contribution in [-0.2, 0) is 14.4 Å². The van der Waals surface area contributed by atoms with Crippen LogP contribution in [0.1, 0.15) is 58.3 Å². The second-order valence-electron chi connectivity index (χ2n) is 6.81. The number of ether oxygens (including phenoxy) is 1. The SMILES string of the molecule is CC(=O)OC(CONC(=O)NC1CCCCC1)CN1CCCCC1. The first kappa shape index (κ1) is 19.0. The van der Waals surface area contributed by atoms with Crippen molar-refractivity contribution < 1.29 is 19.2 Å². The Bertz CT molecular complexity index is 393. The van der Waals surface area contributed by atoms with E-state index in [2.05, 4.69) is 15.7 Å². The molecule has 138 valence electrons. The van der Waals surface area contributed by atoms with Crippen LogP contribution in [0, 0.1) is 0 Å². The highest BCUT2D eigenvalue weighted by molar-refractivity contribution is 5.73. The molecule has 24 heavy (non-hydrogen) atoms. The molecule has 2 amide bonds. The minimum Gasteiger partial charge on any atom is -0.459 e. The standard InChI is InChI=1S/C17H31N3O4/c1-14(21)24-16(12-20-10-6-3-7-11-20)13-23-19-17(22)18-15-8-4-2-5-9-15/h15-16H,2-13H2,1H3,(H2,18,19,22). The van der Waals surface area contributed by atoms with E-state index in [0.717, 1.165) is 38.8 Å². The molecule has 1 heterocycles. The fourth-order valence-electron chi connectivity index (χ4n) is 3.45. The smallest absolute Gasteiger partial charge is 0.338 e. The maximum absolute atomic E-state index is 11.8. The molecule has 1 atom stereocenters. The van der Waals surface area contributed by atoms with E-state index in [0.29, 0.717) is 6.54 Å². The third kappa shape index (κ3) is 7.49. The monoisotopic (exact) mass is 341 g/mol. The van der Waals surface area contributed by atoms with E-state index in [1.807, 2.05) is 0 Å². The number of carbonyl (C=O) groups excluding carboxylic acids is 2. The van der Waals surface area contributed by atoms with Crippen molar-refractivity contribution in [2.45, 2.75) is 70.4 Å². The van der Waals surface area contributed by atoms with Crippen LogP contribution in [0.15, 0.2) is 0 Å². The molecule has 2 rings (SSSR count). The Balaban J connectivity index is 1.66. The van der Waals surface area contributed by atoms with Crippen LogP contribution in [0.4, 0.5) is 4.79 Å². The number of hydrogen-bond donors (Lipinski definition) is 2. The van der Waals surface area contributed by atoms with Crippen LogP contribution in [0.2, 0.25) is 0 Å². The molecule has 0 spiro atoms. The second kappa shape index (κ2) is 10.5. The zero-order valence-electron chi connectivity index (χ0n) is 14.7. The zero-order valence-corrected chi connectivity index (χ0v) is 14.7. The minimum absolute atomic E-state index is 0.161. The van der Waals surface area contributed by atoms with Gasteiger partial charge in [0.25, 0.3) is 0 Å². The largest absolute Gasteiger partial charge is 0.459 e. The van der Waals surface area contributed by atoms with Gasteiger partial charge in [-0.3, -0.25) is 14.5 Å². The number of piperidine rings is 1. The highest BCUT2D eigenvalue weighted by atomic mass is 16.7. The highest BCUT2D eigenvalue weighted by Crippen LogP contribution is 2.17. The number of hydroxylamine groups is 1. The Morgan fingerprint density at radius 3 is 2.42 bits per heavy atom. The molecule has 1 aliphatic heterocycles. The summed E-state index contributed by atoms with van der Waals surface area (Å²) in [4.78, 5) is 30.7. The Morgan fingerprint density at radius 2 is 1.75 bits per heavy atom. The Hall–Kier alpha value is -1.34. The second-order valence-corrected chi connectivity index (χ2v) is 6.81. The maximum atomic E-state index is 11.8. The predicted octanol–water partition coefficient (Wildman–Crippen LogP) is 1.97.